The number of anilines is 2. The number of aromatic hydroxyl groups is 1. The van der Waals surface area contributed by atoms with E-state index in [1.54, 1.807) is 49.5 Å². The highest BCUT2D eigenvalue weighted by Gasteiger charge is 2.24. The maximum atomic E-state index is 14.2. The molecule has 206 valence electrons. The number of nitrogens with zero attached hydrogens (tertiary/aromatic N) is 3. The van der Waals surface area contributed by atoms with Crippen molar-refractivity contribution in [3.05, 3.63) is 82.9 Å². The van der Waals surface area contributed by atoms with Crippen molar-refractivity contribution in [3.8, 4) is 33.3 Å². The van der Waals surface area contributed by atoms with Crippen LogP contribution in [0.2, 0.25) is 5.02 Å². The second-order valence-electron chi connectivity index (χ2n) is 8.56. The van der Waals surface area contributed by atoms with Gasteiger partial charge in [0.15, 0.2) is 21.7 Å². The Morgan fingerprint density at radius 3 is 2.73 bits per heavy atom. The average Bonchev–Trinajstić information content (AvgIpc) is 3.59. The maximum absolute atomic E-state index is 14.2. The number of phenolic OH excluding ortho intramolecular Hbond substituents is 1. The minimum absolute atomic E-state index is 0.0175. The molecule has 0 radical (unpaired) electrons. The summed E-state index contributed by atoms with van der Waals surface area (Å²) in [7, 11) is -2.67. The number of rotatable bonds is 9. The Kier molecular flexibility index (Phi) is 7.61. The number of aromatic nitrogens is 4. The molecule has 0 atom stereocenters. The zero-order valence-corrected chi connectivity index (χ0v) is 23.5. The molecule has 5 aromatic rings. The number of ether oxygens (including phenoxy) is 1. The summed E-state index contributed by atoms with van der Waals surface area (Å²) in [5, 5.41) is 20.1. The molecule has 0 aliphatic carbocycles. The molecule has 3 heterocycles. The molecule has 10 nitrogen and oxygen atoms in total. The van der Waals surface area contributed by atoms with Crippen LogP contribution >= 0.6 is 22.9 Å². The van der Waals surface area contributed by atoms with Crippen molar-refractivity contribution in [2.75, 3.05) is 17.1 Å². The Bertz CT molecular complexity index is 1800. The van der Waals surface area contributed by atoms with E-state index in [0.29, 0.717) is 44.4 Å². The average molecular weight is 601 g/mol. The number of thiazole rings is 1. The molecule has 2 aromatic carbocycles. The third-order valence-corrected chi connectivity index (χ3v) is 8.67. The number of aryl methyl sites for hydroxylation is 1. The van der Waals surface area contributed by atoms with Crippen LogP contribution in [0.25, 0.3) is 21.8 Å². The summed E-state index contributed by atoms with van der Waals surface area (Å²) < 4.78 is 48.4. The zero-order chi connectivity index (χ0) is 28.4. The SMILES string of the molecule is COc1cccc(CNc2cnc(S(=O)(=O)Nc3nc(-c4ccc(Cl)c(F)c4)c(-c4cc[nH]n4)s3)c(C)c2)c1O. The normalized spacial score (nSPS) is 11.4. The summed E-state index contributed by atoms with van der Waals surface area (Å²) in [4.78, 5) is 9.14. The predicted molar refractivity (Wildman–Crippen MR) is 152 cm³/mol. The molecule has 0 aliphatic heterocycles. The summed E-state index contributed by atoms with van der Waals surface area (Å²) in [6.07, 6.45) is 3.00. The molecule has 4 N–H and O–H groups in total. The van der Waals surface area contributed by atoms with E-state index in [1.807, 2.05) is 0 Å². The first-order chi connectivity index (χ1) is 19.2. The minimum atomic E-state index is -4.13. The smallest absolute Gasteiger partial charge is 0.281 e. The molecule has 0 bridgehead atoms. The van der Waals surface area contributed by atoms with Crippen molar-refractivity contribution in [2.24, 2.45) is 0 Å². The van der Waals surface area contributed by atoms with Gasteiger partial charge >= 0.3 is 0 Å². The Morgan fingerprint density at radius 1 is 1.20 bits per heavy atom. The maximum Gasteiger partial charge on any atom is 0.281 e. The number of benzene rings is 2. The van der Waals surface area contributed by atoms with E-state index in [4.69, 9.17) is 16.3 Å². The van der Waals surface area contributed by atoms with E-state index >= 15 is 0 Å². The standard InChI is InChI=1S/C26H22ClFN6O4S2/c1-14-10-17(29-12-16-4-3-5-21(38-2)23(16)35)13-30-25(14)40(36,37)34-26-32-22(15-6-7-18(27)19(28)11-15)24(39-26)20-8-9-31-33-20/h3-11,13,29,35H,12H2,1-2H3,(H,31,33)(H,32,34). The molecule has 0 spiro atoms. The molecule has 3 aromatic heterocycles. The van der Waals surface area contributed by atoms with Gasteiger partial charge in [-0.05, 0) is 42.8 Å². The molecule has 0 saturated heterocycles. The number of hydrogen-bond donors (Lipinski definition) is 4. The Morgan fingerprint density at radius 2 is 2.02 bits per heavy atom. The lowest BCUT2D eigenvalue weighted by Crippen LogP contribution is -2.16. The fraction of sp³-hybridized carbons (Fsp3) is 0.115. The van der Waals surface area contributed by atoms with E-state index in [0.717, 1.165) is 11.3 Å². The lowest BCUT2D eigenvalue weighted by molar-refractivity contribution is 0.371. The van der Waals surface area contributed by atoms with E-state index in [1.165, 1.54) is 25.4 Å². The third-order valence-electron chi connectivity index (χ3n) is 5.85. The predicted octanol–water partition coefficient (Wildman–Crippen LogP) is 5.82. The second-order valence-corrected chi connectivity index (χ2v) is 11.6. The molecule has 0 saturated carbocycles. The minimum Gasteiger partial charge on any atom is -0.504 e. The van der Waals surface area contributed by atoms with Crippen LogP contribution in [0.1, 0.15) is 11.1 Å². The van der Waals surface area contributed by atoms with E-state index < -0.39 is 15.8 Å². The largest absolute Gasteiger partial charge is 0.504 e. The number of sulfonamides is 1. The van der Waals surface area contributed by atoms with Crippen LogP contribution in [0.5, 0.6) is 11.5 Å². The Balaban J connectivity index is 1.40. The van der Waals surface area contributed by atoms with E-state index in [2.05, 4.69) is 30.2 Å². The lowest BCUT2D eigenvalue weighted by Gasteiger charge is -2.12. The van der Waals surface area contributed by atoms with Crippen LogP contribution in [-0.4, -0.2) is 40.8 Å². The summed E-state index contributed by atoms with van der Waals surface area (Å²) >= 11 is 6.88. The number of pyridine rings is 1. The fourth-order valence-corrected chi connectivity index (χ4v) is 6.41. The number of aromatic amines is 1. The van der Waals surface area contributed by atoms with Gasteiger partial charge in [-0.2, -0.15) is 13.5 Å². The molecule has 5 rings (SSSR count). The van der Waals surface area contributed by atoms with Crippen molar-refractivity contribution in [1.82, 2.24) is 20.2 Å². The fourth-order valence-electron chi connectivity index (χ4n) is 3.94. The summed E-state index contributed by atoms with van der Waals surface area (Å²) in [6.45, 7) is 1.88. The van der Waals surface area contributed by atoms with Crippen LogP contribution < -0.4 is 14.8 Å². The van der Waals surface area contributed by atoms with Gasteiger partial charge in [-0.3, -0.25) is 9.82 Å². The zero-order valence-electron chi connectivity index (χ0n) is 21.1. The van der Waals surface area contributed by atoms with Crippen LogP contribution in [-0.2, 0) is 16.6 Å². The van der Waals surface area contributed by atoms with Crippen LogP contribution in [0.4, 0.5) is 15.2 Å². The van der Waals surface area contributed by atoms with Gasteiger partial charge in [0.2, 0.25) is 0 Å². The lowest BCUT2D eigenvalue weighted by atomic mass is 10.1. The van der Waals surface area contributed by atoms with Crippen molar-refractivity contribution < 1.29 is 22.7 Å². The van der Waals surface area contributed by atoms with E-state index in [-0.39, 0.29) is 27.5 Å². The van der Waals surface area contributed by atoms with Crippen LogP contribution in [0.15, 0.2) is 66.0 Å². The number of nitrogens with one attached hydrogen (secondary N) is 3. The summed E-state index contributed by atoms with van der Waals surface area (Å²) in [5.41, 5.74) is 2.81. The number of phenols is 1. The molecular formula is C26H22ClFN6O4S2. The topological polar surface area (TPSA) is 142 Å². The second kappa shape index (κ2) is 11.1. The van der Waals surface area contributed by atoms with Gasteiger partial charge in [0, 0.05) is 23.9 Å². The highest BCUT2D eigenvalue weighted by Crippen LogP contribution is 2.39. The van der Waals surface area contributed by atoms with Gasteiger partial charge in [0.25, 0.3) is 10.0 Å². The van der Waals surface area contributed by atoms with Crippen LogP contribution in [0, 0.1) is 12.7 Å². The Labute approximate surface area is 237 Å². The monoisotopic (exact) mass is 600 g/mol. The molecular weight excluding hydrogens is 579 g/mol. The summed E-state index contributed by atoms with van der Waals surface area (Å²) in [6, 6.07) is 12.7. The Hall–Kier alpha value is -4.20. The molecule has 0 fully saturated rings. The molecule has 40 heavy (non-hydrogen) atoms. The van der Waals surface area contributed by atoms with Crippen LogP contribution in [0.3, 0.4) is 0 Å². The number of halogens is 2. The molecule has 14 heteroatoms. The number of para-hydroxylation sites is 1. The highest BCUT2D eigenvalue weighted by molar-refractivity contribution is 7.92. The van der Waals surface area contributed by atoms with Crippen molar-refractivity contribution in [1.29, 1.82) is 0 Å². The molecule has 0 amide bonds. The first-order valence-corrected chi connectivity index (χ1v) is 14.4. The van der Waals surface area contributed by atoms with Gasteiger partial charge in [0.1, 0.15) is 11.5 Å². The first-order valence-electron chi connectivity index (χ1n) is 11.7. The van der Waals surface area contributed by atoms with Gasteiger partial charge in [-0.1, -0.05) is 41.1 Å². The van der Waals surface area contributed by atoms with Gasteiger partial charge in [0.05, 0.1) is 34.6 Å². The number of H-pyrrole nitrogens is 1. The molecule has 0 unspecified atom stereocenters. The third kappa shape index (κ3) is 5.57. The quantitative estimate of drug-likeness (QED) is 0.166. The van der Waals surface area contributed by atoms with Crippen molar-refractivity contribution in [3.63, 3.8) is 0 Å². The van der Waals surface area contributed by atoms with Gasteiger partial charge < -0.3 is 15.2 Å². The first kappa shape index (κ1) is 27.4. The molecule has 0 aliphatic rings. The van der Waals surface area contributed by atoms with E-state index in [9.17, 15) is 17.9 Å². The summed E-state index contributed by atoms with van der Waals surface area (Å²) in [5.74, 6) is -0.260. The highest BCUT2D eigenvalue weighted by atomic mass is 35.5. The van der Waals surface area contributed by atoms with Gasteiger partial charge in [-0.25, -0.2) is 14.4 Å². The number of hydrogen-bond acceptors (Lipinski definition) is 9. The van der Waals surface area contributed by atoms with Crippen molar-refractivity contribution in [2.45, 2.75) is 18.5 Å². The van der Waals surface area contributed by atoms with Crippen molar-refractivity contribution >= 4 is 43.8 Å². The van der Waals surface area contributed by atoms with Gasteiger partial charge in [-0.15, -0.1) is 0 Å². The number of methoxy groups -OCH3 is 1.